The Morgan fingerprint density at radius 3 is 2.89 bits per heavy atom. The van der Waals surface area contributed by atoms with E-state index in [1.165, 1.54) is 0 Å². The number of nitrogens with zero attached hydrogens (tertiary/aromatic N) is 2. The maximum Gasteiger partial charge on any atom is 0.277 e. The van der Waals surface area contributed by atoms with Gasteiger partial charge in [0.1, 0.15) is 11.1 Å². The molecule has 3 aromatic rings. The van der Waals surface area contributed by atoms with Crippen molar-refractivity contribution in [1.29, 1.82) is 0 Å². The smallest absolute Gasteiger partial charge is 0.277 e. The SMILES string of the molecule is Cc1noc2c(-c3ccccc3N)n[nH]c(=O)c12. The molecular formula is C12H10N4O2. The topological polar surface area (TPSA) is 97.8 Å². The van der Waals surface area contributed by atoms with Gasteiger partial charge in [-0.1, -0.05) is 23.4 Å². The summed E-state index contributed by atoms with van der Waals surface area (Å²) in [7, 11) is 0. The number of nitrogens with one attached hydrogen (secondary N) is 1. The molecule has 0 aliphatic heterocycles. The second-order valence-corrected chi connectivity index (χ2v) is 3.96. The van der Waals surface area contributed by atoms with Crippen molar-refractivity contribution in [1.82, 2.24) is 15.4 Å². The molecule has 0 amide bonds. The highest BCUT2D eigenvalue weighted by molar-refractivity contribution is 5.93. The van der Waals surface area contributed by atoms with Crippen LogP contribution in [0.3, 0.4) is 0 Å². The molecule has 0 aliphatic carbocycles. The summed E-state index contributed by atoms with van der Waals surface area (Å²) in [4.78, 5) is 11.7. The van der Waals surface area contributed by atoms with Gasteiger partial charge in [-0.15, -0.1) is 0 Å². The van der Waals surface area contributed by atoms with Crippen molar-refractivity contribution < 1.29 is 4.52 Å². The third kappa shape index (κ3) is 1.39. The Bertz CT molecular complexity index is 788. The monoisotopic (exact) mass is 242 g/mol. The van der Waals surface area contributed by atoms with Gasteiger partial charge < -0.3 is 10.3 Å². The van der Waals surface area contributed by atoms with Gasteiger partial charge in [-0.05, 0) is 13.0 Å². The van der Waals surface area contributed by atoms with Crippen LogP contribution in [0.5, 0.6) is 0 Å². The van der Waals surface area contributed by atoms with Crippen molar-refractivity contribution in [2.45, 2.75) is 6.92 Å². The molecule has 0 unspecified atom stereocenters. The van der Waals surface area contributed by atoms with E-state index >= 15 is 0 Å². The highest BCUT2D eigenvalue weighted by Crippen LogP contribution is 2.29. The van der Waals surface area contributed by atoms with Crippen LogP contribution in [0, 0.1) is 6.92 Å². The molecule has 0 atom stereocenters. The fourth-order valence-electron chi connectivity index (χ4n) is 1.91. The minimum absolute atomic E-state index is 0.318. The first kappa shape index (κ1) is 10.5. The first-order valence-corrected chi connectivity index (χ1v) is 5.38. The van der Waals surface area contributed by atoms with E-state index in [0.717, 1.165) is 0 Å². The maximum absolute atomic E-state index is 11.7. The fourth-order valence-corrected chi connectivity index (χ4v) is 1.91. The van der Waals surface area contributed by atoms with Gasteiger partial charge in [0.2, 0.25) is 5.58 Å². The molecule has 0 radical (unpaired) electrons. The van der Waals surface area contributed by atoms with E-state index in [1.807, 2.05) is 18.2 Å². The lowest BCUT2D eigenvalue weighted by Gasteiger charge is -2.03. The van der Waals surface area contributed by atoms with Gasteiger partial charge in [0.25, 0.3) is 5.56 Å². The first-order chi connectivity index (χ1) is 8.68. The molecule has 3 rings (SSSR count). The predicted molar refractivity (Wildman–Crippen MR) is 67.0 cm³/mol. The number of aryl methyl sites for hydroxylation is 1. The lowest BCUT2D eigenvalue weighted by atomic mass is 10.1. The summed E-state index contributed by atoms with van der Waals surface area (Å²) in [5.41, 5.74) is 8.22. The minimum Gasteiger partial charge on any atom is -0.398 e. The van der Waals surface area contributed by atoms with Crippen LogP contribution < -0.4 is 11.3 Å². The molecule has 2 heterocycles. The molecule has 18 heavy (non-hydrogen) atoms. The van der Waals surface area contributed by atoms with E-state index in [2.05, 4.69) is 15.4 Å². The van der Waals surface area contributed by atoms with Gasteiger partial charge in [-0.2, -0.15) is 5.10 Å². The van der Waals surface area contributed by atoms with Crippen molar-refractivity contribution in [3.8, 4) is 11.3 Å². The Morgan fingerprint density at radius 1 is 1.33 bits per heavy atom. The second-order valence-electron chi connectivity index (χ2n) is 3.96. The maximum atomic E-state index is 11.7. The molecular weight excluding hydrogens is 232 g/mol. The molecule has 0 aliphatic rings. The Morgan fingerprint density at radius 2 is 2.11 bits per heavy atom. The zero-order valence-electron chi connectivity index (χ0n) is 9.60. The summed E-state index contributed by atoms with van der Waals surface area (Å²) in [6.07, 6.45) is 0. The molecule has 2 aromatic heterocycles. The molecule has 6 heteroatoms. The number of fused-ring (bicyclic) bond motifs is 1. The average molecular weight is 242 g/mol. The minimum atomic E-state index is -0.318. The number of rotatable bonds is 1. The van der Waals surface area contributed by atoms with Crippen LogP contribution in [0.25, 0.3) is 22.2 Å². The van der Waals surface area contributed by atoms with Crippen LogP contribution in [-0.4, -0.2) is 15.4 Å². The van der Waals surface area contributed by atoms with Crippen LogP contribution in [0.1, 0.15) is 5.69 Å². The average Bonchev–Trinajstić information content (AvgIpc) is 2.75. The van der Waals surface area contributed by atoms with Crippen LogP contribution in [-0.2, 0) is 0 Å². The number of nitrogens with two attached hydrogens (primary N) is 1. The van der Waals surface area contributed by atoms with Crippen molar-refractivity contribution in [3.63, 3.8) is 0 Å². The third-order valence-corrected chi connectivity index (χ3v) is 2.79. The molecule has 0 spiro atoms. The van der Waals surface area contributed by atoms with Gasteiger partial charge in [0, 0.05) is 11.3 Å². The summed E-state index contributed by atoms with van der Waals surface area (Å²) in [6, 6.07) is 7.24. The van der Waals surface area contributed by atoms with E-state index in [1.54, 1.807) is 13.0 Å². The highest BCUT2D eigenvalue weighted by atomic mass is 16.5. The predicted octanol–water partition coefficient (Wildman–Crippen LogP) is 1.47. The number of para-hydroxylation sites is 1. The normalized spacial score (nSPS) is 10.9. The number of hydrogen-bond acceptors (Lipinski definition) is 5. The molecule has 0 saturated heterocycles. The lowest BCUT2D eigenvalue weighted by Crippen LogP contribution is -2.09. The third-order valence-electron chi connectivity index (χ3n) is 2.79. The highest BCUT2D eigenvalue weighted by Gasteiger charge is 2.17. The summed E-state index contributed by atoms with van der Waals surface area (Å²) in [6.45, 7) is 1.71. The van der Waals surface area contributed by atoms with Crippen molar-refractivity contribution >= 4 is 16.7 Å². The molecule has 6 nitrogen and oxygen atoms in total. The largest absolute Gasteiger partial charge is 0.398 e. The molecule has 0 saturated carbocycles. The molecule has 0 bridgehead atoms. The van der Waals surface area contributed by atoms with Crippen LogP contribution in [0.2, 0.25) is 0 Å². The van der Waals surface area contributed by atoms with Gasteiger partial charge in [0.15, 0.2) is 0 Å². The number of aromatic amines is 1. The quantitative estimate of drug-likeness (QED) is 0.629. The fraction of sp³-hybridized carbons (Fsp3) is 0.0833. The summed E-state index contributed by atoms with van der Waals surface area (Å²) < 4.78 is 5.18. The van der Waals surface area contributed by atoms with E-state index in [0.29, 0.717) is 33.6 Å². The lowest BCUT2D eigenvalue weighted by molar-refractivity contribution is 0.450. The molecule has 3 N–H and O–H groups in total. The number of nitrogen functional groups attached to an aromatic ring is 1. The van der Waals surface area contributed by atoms with E-state index in [9.17, 15) is 4.79 Å². The van der Waals surface area contributed by atoms with E-state index in [-0.39, 0.29) is 5.56 Å². The van der Waals surface area contributed by atoms with Crippen LogP contribution in [0.15, 0.2) is 33.6 Å². The summed E-state index contributed by atoms with van der Waals surface area (Å²) in [5, 5.41) is 10.6. The number of aromatic nitrogens is 3. The second kappa shape index (κ2) is 3.69. The number of hydrogen-bond donors (Lipinski definition) is 2. The van der Waals surface area contributed by atoms with Gasteiger partial charge in [-0.25, -0.2) is 5.10 Å². The first-order valence-electron chi connectivity index (χ1n) is 5.38. The number of benzene rings is 1. The Kier molecular flexibility index (Phi) is 2.16. The molecule has 90 valence electrons. The Balaban J connectivity index is 2.42. The molecule has 0 fully saturated rings. The van der Waals surface area contributed by atoms with Gasteiger partial charge in [0.05, 0.1) is 5.69 Å². The number of anilines is 1. The van der Waals surface area contributed by atoms with Crippen LogP contribution in [0.4, 0.5) is 5.69 Å². The van der Waals surface area contributed by atoms with E-state index in [4.69, 9.17) is 10.3 Å². The summed E-state index contributed by atoms with van der Waals surface area (Å²) >= 11 is 0. The van der Waals surface area contributed by atoms with Crippen molar-refractivity contribution in [2.24, 2.45) is 0 Å². The zero-order chi connectivity index (χ0) is 12.7. The van der Waals surface area contributed by atoms with Gasteiger partial charge >= 0.3 is 0 Å². The Labute approximate surface area is 101 Å². The number of H-pyrrole nitrogens is 1. The summed E-state index contributed by atoms with van der Waals surface area (Å²) in [5.74, 6) is 0. The zero-order valence-corrected chi connectivity index (χ0v) is 9.60. The van der Waals surface area contributed by atoms with E-state index < -0.39 is 0 Å². The van der Waals surface area contributed by atoms with Gasteiger partial charge in [-0.3, -0.25) is 4.79 Å². The molecule has 1 aromatic carbocycles. The van der Waals surface area contributed by atoms with Crippen LogP contribution >= 0.6 is 0 Å². The van der Waals surface area contributed by atoms with Crippen molar-refractivity contribution in [2.75, 3.05) is 5.73 Å². The Hall–Kier alpha value is -2.63. The van der Waals surface area contributed by atoms with Crippen molar-refractivity contribution in [3.05, 3.63) is 40.3 Å². The standard InChI is InChI=1S/C12H10N4O2/c1-6-9-11(18-16-6)10(14-15-12(9)17)7-4-2-3-5-8(7)13/h2-5H,13H2,1H3,(H,15,17).